The molecule has 2 aromatic rings. The molecule has 0 saturated carbocycles. The van der Waals surface area contributed by atoms with E-state index in [0.29, 0.717) is 18.7 Å². The number of amides is 2. The average Bonchev–Trinajstić information content (AvgIpc) is 2.69. The van der Waals surface area contributed by atoms with E-state index in [0.717, 1.165) is 42.7 Å². The van der Waals surface area contributed by atoms with Gasteiger partial charge in [-0.3, -0.25) is 9.59 Å². The number of piperidine rings is 1. The number of likely N-dealkylation sites (tertiary alicyclic amines) is 1. The van der Waals surface area contributed by atoms with Crippen molar-refractivity contribution in [2.24, 2.45) is 0 Å². The Morgan fingerprint density at radius 2 is 2.00 bits per heavy atom. The van der Waals surface area contributed by atoms with Crippen molar-refractivity contribution in [1.29, 1.82) is 0 Å². The third kappa shape index (κ3) is 5.33. The Labute approximate surface area is 160 Å². The molecule has 2 aromatic carbocycles. The molecule has 2 amide bonds. The van der Waals surface area contributed by atoms with Crippen molar-refractivity contribution < 1.29 is 14.3 Å². The van der Waals surface area contributed by atoms with Crippen LogP contribution in [0.15, 0.2) is 48.5 Å². The van der Waals surface area contributed by atoms with Crippen molar-refractivity contribution in [3.63, 3.8) is 0 Å². The maximum absolute atomic E-state index is 12.2. The number of hydrogen-bond acceptors (Lipinski definition) is 3. The third-order valence-electron chi connectivity index (χ3n) is 4.72. The van der Waals surface area contributed by atoms with Crippen LogP contribution in [0.3, 0.4) is 0 Å². The summed E-state index contributed by atoms with van der Waals surface area (Å²) >= 11 is 0. The van der Waals surface area contributed by atoms with E-state index in [1.54, 1.807) is 0 Å². The fourth-order valence-electron chi connectivity index (χ4n) is 3.27. The quantitative estimate of drug-likeness (QED) is 0.811. The predicted molar refractivity (Wildman–Crippen MR) is 106 cm³/mol. The molecule has 0 spiro atoms. The summed E-state index contributed by atoms with van der Waals surface area (Å²) in [6.45, 7) is 3.41. The molecule has 1 N–H and O–H groups in total. The van der Waals surface area contributed by atoms with Crippen molar-refractivity contribution in [2.45, 2.75) is 39.2 Å². The number of carbonyl (C=O) groups excluding carboxylic acids is 2. The summed E-state index contributed by atoms with van der Waals surface area (Å²) in [5.41, 5.74) is 2.81. The monoisotopic (exact) mass is 366 g/mol. The van der Waals surface area contributed by atoms with Crippen molar-refractivity contribution >= 4 is 17.5 Å². The zero-order valence-electron chi connectivity index (χ0n) is 15.7. The van der Waals surface area contributed by atoms with Gasteiger partial charge in [0, 0.05) is 25.2 Å². The topological polar surface area (TPSA) is 58.6 Å². The molecule has 0 radical (unpaired) electrons. The second-order valence-corrected chi connectivity index (χ2v) is 6.77. The van der Waals surface area contributed by atoms with Crippen LogP contribution >= 0.6 is 0 Å². The molecule has 5 nitrogen and oxygen atoms in total. The molecular weight excluding hydrogens is 340 g/mol. The zero-order valence-corrected chi connectivity index (χ0v) is 15.7. The number of aryl methyl sites for hydroxylation is 1. The highest BCUT2D eigenvalue weighted by atomic mass is 16.5. The standard InChI is InChI=1S/C22H26N2O3/c1-2-18-9-3-4-11-20(18)27-16-21(25)23-19-10-7-8-17(14-19)15-24-13-6-5-12-22(24)26/h3-4,7-11,14H,2,5-6,12-13,15-16H2,1H3,(H,23,25). The van der Waals surface area contributed by atoms with Gasteiger partial charge in [0.25, 0.3) is 5.91 Å². The fraction of sp³-hybridized carbons (Fsp3) is 0.364. The van der Waals surface area contributed by atoms with Crippen molar-refractivity contribution in [3.8, 4) is 5.75 Å². The Morgan fingerprint density at radius 3 is 2.81 bits per heavy atom. The molecule has 1 aliphatic heterocycles. The first kappa shape index (κ1) is 19.0. The highest BCUT2D eigenvalue weighted by Gasteiger charge is 2.18. The molecule has 27 heavy (non-hydrogen) atoms. The smallest absolute Gasteiger partial charge is 0.262 e. The molecule has 1 heterocycles. The number of carbonyl (C=O) groups is 2. The summed E-state index contributed by atoms with van der Waals surface area (Å²) in [5.74, 6) is 0.748. The molecule has 0 unspecified atom stereocenters. The molecule has 3 rings (SSSR count). The lowest BCUT2D eigenvalue weighted by Gasteiger charge is -2.26. The first-order valence-corrected chi connectivity index (χ1v) is 9.53. The number of ether oxygens (including phenoxy) is 1. The Morgan fingerprint density at radius 1 is 1.15 bits per heavy atom. The summed E-state index contributed by atoms with van der Waals surface area (Å²) in [6.07, 6.45) is 3.52. The summed E-state index contributed by atoms with van der Waals surface area (Å²) in [6, 6.07) is 15.4. The van der Waals surface area contributed by atoms with Crippen LogP contribution in [0.5, 0.6) is 5.75 Å². The lowest BCUT2D eigenvalue weighted by atomic mass is 10.1. The molecule has 1 fully saturated rings. The minimum absolute atomic E-state index is 0.0359. The molecular formula is C22H26N2O3. The number of benzene rings is 2. The molecule has 1 saturated heterocycles. The number of anilines is 1. The van der Waals surface area contributed by atoms with Gasteiger partial charge in [-0.05, 0) is 48.6 Å². The molecule has 0 bridgehead atoms. The fourth-order valence-corrected chi connectivity index (χ4v) is 3.27. The molecule has 1 aliphatic rings. The zero-order chi connectivity index (χ0) is 19.1. The predicted octanol–water partition coefficient (Wildman–Crippen LogP) is 3.78. The van der Waals surface area contributed by atoms with E-state index in [1.165, 1.54) is 0 Å². The minimum Gasteiger partial charge on any atom is -0.483 e. The Balaban J connectivity index is 1.55. The number of nitrogens with zero attached hydrogens (tertiary/aromatic N) is 1. The van der Waals surface area contributed by atoms with Crippen LogP contribution in [0.2, 0.25) is 0 Å². The summed E-state index contributed by atoms with van der Waals surface area (Å²) in [7, 11) is 0. The normalized spacial score (nSPS) is 14.1. The summed E-state index contributed by atoms with van der Waals surface area (Å²) in [5, 5.41) is 2.87. The first-order valence-electron chi connectivity index (χ1n) is 9.53. The lowest BCUT2D eigenvalue weighted by Crippen LogP contribution is -2.34. The van der Waals surface area contributed by atoms with Crippen LogP contribution in [0.4, 0.5) is 5.69 Å². The van der Waals surface area contributed by atoms with E-state index in [9.17, 15) is 9.59 Å². The van der Waals surface area contributed by atoms with Crippen molar-refractivity contribution in [1.82, 2.24) is 4.90 Å². The van der Waals surface area contributed by atoms with Crippen molar-refractivity contribution in [2.75, 3.05) is 18.5 Å². The molecule has 0 aliphatic carbocycles. The van der Waals surface area contributed by atoms with E-state index >= 15 is 0 Å². The van der Waals surface area contributed by atoms with Gasteiger partial charge in [-0.1, -0.05) is 37.3 Å². The maximum Gasteiger partial charge on any atom is 0.262 e. The van der Waals surface area contributed by atoms with Gasteiger partial charge in [-0.25, -0.2) is 0 Å². The van der Waals surface area contributed by atoms with Crippen LogP contribution in [0.25, 0.3) is 0 Å². The van der Waals surface area contributed by atoms with E-state index in [2.05, 4.69) is 12.2 Å². The summed E-state index contributed by atoms with van der Waals surface area (Å²) in [4.78, 5) is 26.1. The van der Waals surface area contributed by atoms with E-state index < -0.39 is 0 Å². The van der Waals surface area contributed by atoms with E-state index in [-0.39, 0.29) is 18.4 Å². The van der Waals surface area contributed by atoms with Gasteiger partial charge in [0.15, 0.2) is 6.61 Å². The largest absolute Gasteiger partial charge is 0.483 e. The minimum atomic E-state index is -0.202. The highest BCUT2D eigenvalue weighted by Crippen LogP contribution is 2.19. The van der Waals surface area contributed by atoms with Crippen LogP contribution in [-0.2, 0) is 22.6 Å². The van der Waals surface area contributed by atoms with Gasteiger partial charge in [-0.2, -0.15) is 0 Å². The maximum atomic E-state index is 12.2. The Kier molecular flexibility index (Phi) is 6.47. The van der Waals surface area contributed by atoms with Crippen LogP contribution in [-0.4, -0.2) is 29.9 Å². The van der Waals surface area contributed by atoms with Gasteiger partial charge in [0.05, 0.1) is 0 Å². The number of rotatable bonds is 7. The Bertz CT molecular complexity index is 804. The van der Waals surface area contributed by atoms with Gasteiger partial charge in [-0.15, -0.1) is 0 Å². The number of para-hydroxylation sites is 1. The number of nitrogens with one attached hydrogen (secondary N) is 1. The molecule has 0 aromatic heterocycles. The van der Waals surface area contributed by atoms with Gasteiger partial charge < -0.3 is 15.0 Å². The molecule has 0 atom stereocenters. The first-order chi connectivity index (χ1) is 13.2. The lowest BCUT2D eigenvalue weighted by molar-refractivity contribution is -0.133. The van der Waals surface area contributed by atoms with Crippen LogP contribution < -0.4 is 10.1 Å². The highest BCUT2D eigenvalue weighted by molar-refractivity contribution is 5.92. The van der Waals surface area contributed by atoms with Crippen LogP contribution in [0, 0.1) is 0 Å². The molecule has 142 valence electrons. The summed E-state index contributed by atoms with van der Waals surface area (Å²) < 4.78 is 5.66. The van der Waals surface area contributed by atoms with Gasteiger partial charge in [0.1, 0.15) is 5.75 Å². The van der Waals surface area contributed by atoms with Gasteiger partial charge in [0.2, 0.25) is 5.91 Å². The second-order valence-electron chi connectivity index (χ2n) is 6.77. The van der Waals surface area contributed by atoms with Crippen LogP contribution in [0.1, 0.15) is 37.3 Å². The molecule has 5 heteroatoms. The van der Waals surface area contributed by atoms with E-state index in [4.69, 9.17) is 4.74 Å². The number of hydrogen-bond donors (Lipinski definition) is 1. The third-order valence-corrected chi connectivity index (χ3v) is 4.72. The second kappa shape index (κ2) is 9.21. The van der Waals surface area contributed by atoms with Gasteiger partial charge >= 0.3 is 0 Å². The SMILES string of the molecule is CCc1ccccc1OCC(=O)Nc1cccc(CN2CCCCC2=O)c1. The van der Waals surface area contributed by atoms with E-state index in [1.807, 2.05) is 53.4 Å². The average molecular weight is 366 g/mol. The van der Waals surface area contributed by atoms with Crippen molar-refractivity contribution in [3.05, 3.63) is 59.7 Å². The Hall–Kier alpha value is -2.82.